The van der Waals surface area contributed by atoms with Crippen molar-refractivity contribution in [3.63, 3.8) is 0 Å². The highest BCUT2D eigenvalue weighted by Gasteiger charge is 2.09. The molecule has 0 spiro atoms. The predicted octanol–water partition coefficient (Wildman–Crippen LogP) is 2.18. The van der Waals surface area contributed by atoms with Gasteiger partial charge in [-0.3, -0.25) is 4.79 Å². The van der Waals surface area contributed by atoms with Crippen molar-refractivity contribution in [2.75, 3.05) is 0 Å². The number of Topliss-reactive ketones (excluding diaryl/α,β-unsaturated/α-hetero) is 1. The van der Waals surface area contributed by atoms with Crippen LogP contribution in [0, 0.1) is 11.6 Å². The average Bonchev–Trinajstić information content (AvgIpc) is 2.33. The maximum atomic E-state index is 12.6. The highest BCUT2D eigenvalue weighted by Crippen LogP contribution is 2.06. The Morgan fingerprint density at radius 1 is 1.00 bits per heavy atom. The molecule has 86 valence electrons. The van der Waals surface area contributed by atoms with Gasteiger partial charge in [-0.05, 0) is 24.3 Å². The number of rotatable bonds is 3. The smallest absolute Gasteiger partial charge is 0.170 e. The molecule has 17 heavy (non-hydrogen) atoms. The summed E-state index contributed by atoms with van der Waals surface area (Å²) in [5.74, 6) is -0.958. The first-order valence-corrected chi connectivity index (χ1v) is 4.90. The van der Waals surface area contributed by atoms with Crippen molar-refractivity contribution >= 4 is 5.78 Å². The van der Waals surface area contributed by atoms with Gasteiger partial charge in [-0.25, -0.2) is 18.7 Å². The molecule has 0 unspecified atom stereocenters. The second kappa shape index (κ2) is 4.78. The fourth-order valence-electron chi connectivity index (χ4n) is 1.31. The lowest BCUT2D eigenvalue weighted by atomic mass is 10.1. The molecule has 0 fully saturated rings. The number of carbonyl (C=O) groups excluding carboxylic acids is 1. The van der Waals surface area contributed by atoms with E-state index in [1.54, 1.807) is 0 Å². The fraction of sp³-hybridized carbons (Fsp3) is 0.0833. The molecule has 0 N–H and O–H groups in total. The van der Waals surface area contributed by atoms with Crippen LogP contribution in [0.25, 0.3) is 0 Å². The number of halogens is 2. The van der Waals surface area contributed by atoms with Crippen LogP contribution in [0.3, 0.4) is 0 Å². The molecular weight excluding hydrogens is 226 g/mol. The number of hydrogen-bond acceptors (Lipinski definition) is 3. The van der Waals surface area contributed by atoms with E-state index in [9.17, 15) is 13.6 Å². The normalized spacial score (nSPS) is 10.2. The maximum Gasteiger partial charge on any atom is 0.170 e. The fourth-order valence-corrected chi connectivity index (χ4v) is 1.31. The van der Waals surface area contributed by atoms with E-state index in [4.69, 9.17) is 0 Å². The quantitative estimate of drug-likeness (QED) is 0.764. The van der Waals surface area contributed by atoms with Crippen LogP contribution in [-0.2, 0) is 6.42 Å². The second-order valence-corrected chi connectivity index (χ2v) is 3.42. The Hall–Kier alpha value is -2.17. The molecule has 1 aromatic carbocycles. The van der Waals surface area contributed by atoms with Crippen molar-refractivity contribution in [2.45, 2.75) is 6.42 Å². The topological polar surface area (TPSA) is 42.9 Å². The van der Waals surface area contributed by atoms with Gasteiger partial charge in [0.25, 0.3) is 0 Å². The Kier molecular flexibility index (Phi) is 3.18. The molecule has 0 aliphatic heterocycles. The van der Waals surface area contributed by atoms with E-state index in [1.165, 1.54) is 24.3 Å². The Morgan fingerprint density at radius 3 is 2.18 bits per heavy atom. The van der Waals surface area contributed by atoms with Crippen LogP contribution in [0.4, 0.5) is 8.78 Å². The number of aromatic nitrogens is 2. The zero-order valence-corrected chi connectivity index (χ0v) is 8.73. The third-order valence-electron chi connectivity index (χ3n) is 2.16. The molecule has 0 saturated heterocycles. The molecule has 0 amide bonds. The van der Waals surface area contributed by atoms with Gasteiger partial charge in [0.05, 0.1) is 18.8 Å². The number of carbonyl (C=O) groups is 1. The van der Waals surface area contributed by atoms with Gasteiger partial charge in [-0.15, -0.1) is 0 Å². The van der Waals surface area contributed by atoms with Crippen LogP contribution >= 0.6 is 0 Å². The van der Waals surface area contributed by atoms with Gasteiger partial charge < -0.3 is 0 Å². The summed E-state index contributed by atoms with van der Waals surface area (Å²) < 4.78 is 25.2. The zero-order valence-electron chi connectivity index (χ0n) is 8.73. The lowest BCUT2D eigenvalue weighted by Gasteiger charge is -2.00. The molecule has 5 heteroatoms. The first kappa shape index (κ1) is 11.3. The summed E-state index contributed by atoms with van der Waals surface area (Å²) in [6.07, 6.45) is 1.96. The van der Waals surface area contributed by atoms with E-state index in [0.717, 1.165) is 12.4 Å². The third kappa shape index (κ3) is 2.90. The number of hydrogen-bond donors (Lipinski definition) is 0. The Bertz CT molecular complexity index is 523. The molecule has 1 heterocycles. The summed E-state index contributed by atoms with van der Waals surface area (Å²) in [5, 5.41) is 0. The Morgan fingerprint density at radius 2 is 1.59 bits per heavy atom. The van der Waals surface area contributed by atoms with Crippen molar-refractivity contribution in [2.24, 2.45) is 0 Å². The monoisotopic (exact) mass is 234 g/mol. The van der Waals surface area contributed by atoms with Gasteiger partial charge in [0, 0.05) is 5.56 Å². The van der Waals surface area contributed by atoms with Crippen LogP contribution in [-0.4, -0.2) is 15.8 Å². The van der Waals surface area contributed by atoms with Crippen LogP contribution in [0.5, 0.6) is 0 Å². The van der Waals surface area contributed by atoms with Crippen molar-refractivity contribution in [3.8, 4) is 0 Å². The van der Waals surface area contributed by atoms with Gasteiger partial charge in [0.1, 0.15) is 11.6 Å². The molecule has 3 nitrogen and oxygen atoms in total. The standard InChI is InChI=1S/C12H8F2N2O/c13-9-3-1-8(2-4-9)11(17)5-12-15-6-10(14)7-16-12/h1-4,6-7H,5H2. The highest BCUT2D eigenvalue weighted by atomic mass is 19.1. The lowest BCUT2D eigenvalue weighted by molar-refractivity contribution is 0.0990. The summed E-state index contributed by atoms with van der Waals surface area (Å²) in [6, 6.07) is 5.19. The van der Waals surface area contributed by atoms with Crippen LogP contribution < -0.4 is 0 Å². The molecular formula is C12H8F2N2O. The van der Waals surface area contributed by atoms with Crippen LogP contribution in [0.15, 0.2) is 36.7 Å². The van der Waals surface area contributed by atoms with Gasteiger partial charge in [0.15, 0.2) is 11.6 Å². The Labute approximate surface area is 96.2 Å². The van der Waals surface area contributed by atoms with Gasteiger partial charge in [-0.2, -0.15) is 0 Å². The zero-order chi connectivity index (χ0) is 12.3. The first-order chi connectivity index (χ1) is 8.15. The van der Waals surface area contributed by atoms with Gasteiger partial charge >= 0.3 is 0 Å². The molecule has 2 aromatic rings. The second-order valence-electron chi connectivity index (χ2n) is 3.42. The Balaban J connectivity index is 2.11. The third-order valence-corrected chi connectivity index (χ3v) is 2.16. The molecule has 0 radical (unpaired) electrons. The number of nitrogens with zero attached hydrogens (tertiary/aromatic N) is 2. The molecule has 0 atom stereocenters. The number of benzene rings is 1. The van der Waals surface area contributed by atoms with Crippen molar-refractivity contribution in [1.29, 1.82) is 0 Å². The molecule has 0 bridgehead atoms. The molecule has 2 rings (SSSR count). The minimum Gasteiger partial charge on any atom is -0.294 e. The van der Waals surface area contributed by atoms with E-state index in [1.807, 2.05) is 0 Å². The summed E-state index contributed by atoms with van der Waals surface area (Å²) in [5.41, 5.74) is 0.374. The highest BCUT2D eigenvalue weighted by molar-refractivity contribution is 5.97. The minimum absolute atomic E-state index is 0.0358. The van der Waals surface area contributed by atoms with Gasteiger partial charge in [-0.1, -0.05) is 0 Å². The summed E-state index contributed by atoms with van der Waals surface area (Å²) >= 11 is 0. The first-order valence-electron chi connectivity index (χ1n) is 4.90. The largest absolute Gasteiger partial charge is 0.294 e. The van der Waals surface area contributed by atoms with Crippen molar-refractivity contribution < 1.29 is 13.6 Å². The van der Waals surface area contributed by atoms with Crippen LogP contribution in [0.2, 0.25) is 0 Å². The van der Waals surface area contributed by atoms with E-state index >= 15 is 0 Å². The summed E-state index contributed by atoms with van der Waals surface area (Å²) in [4.78, 5) is 19.1. The van der Waals surface area contributed by atoms with E-state index in [0.29, 0.717) is 5.56 Å². The molecule has 1 aromatic heterocycles. The van der Waals surface area contributed by atoms with E-state index in [-0.39, 0.29) is 18.0 Å². The predicted molar refractivity (Wildman–Crippen MR) is 56.4 cm³/mol. The van der Waals surface area contributed by atoms with Crippen molar-refractivity contribution in [3.05, 3.63) is 59.7 Å². The SMILES string of the molecule is O=C(Cc1ncc(F)cn1)c1ccc(F)cc1. The van der Waals surface area contributed by atoms with Crippen molar-refractivity contribution in [1.82, 2.24) is 9.97 Å². The summed E-state index contributed by atoms with van der Waals surface area (Å²) in [7, 11) is 0. The molecule has 0 aliphatic rings. The van der Waals surface area contributed by atoms with E-state index < -0.39 is 11.6 Å². The van der Waals surface area contributed by atoms with E-state index in [2.05, 4.69) is 9.97 Å². The van der Waals surface area contributed by atoms with Gasteiger partial charge in [0.2, 0.25) is 0 Å². The summed E-state index contributed by atoms with van der Waals surface area (Å²) in [6.45, 7) is 0. The molecule has 0 saturated carbocycles. The average molecular weight is 234 g/mol. The molecule has 0 aliphatic carbocycles. The minimum atomic E-state index is -0.553. The van der Waals surface area contributed by atoms with Crippen LogP contribution in [0.1, 0.15) is 16.2 Å². The number of ketones is 1. The maximum absolute atomic E-state index is 12.6. The lowest BCUT2D eigenvalue weighted by Crippen LogP contribution is -2.07.